The third kappa shape index (κ3) is 21.9. The zero-order chi connectivity index (χ0) is 23.9. The average molecular weight is 461 g/mol. The fraction of sp³-hybridized carbons (Fsp3) is 0.920. The molecule has 0 saturated carbocycles. The molecular weight excluding hydrogens is 412 g/mol. The molecule has 7 heteroatoms. The topological polar surface area (TPSA) is 102 Å². The van der Waals surface area contributed by atoms with E-state index in [0.717, 1.165) is 12.8 Å². The molecule has 1 saturated heterocycles. The van der Waals surface area contributed by atoms with E-state index in [-0.39, 0.29) is 25.3 Å². The lowest BCUT2D eigenvalue weighted by Gasteiger charge is -2.08. The normalized spacial score (nSPS) is 16.0. The van der Waals surface area contributed by atoms with Gasteiger partial charge >= 0.3 is 12.1 Å². The molecule has 0 aromatic heterocycles. The second-order valence-electron chi connectivity index (χ2n) is 8.71. The van der Waals surface area contributed by atoms with Crippen molar-refractivity contribution >= 4 is 12.1 Å². The number of cyclic esters (lactones) is 2. The van der Waals surface area contributed by atoms with E-state index in [9.17, 15) is 9.59 Å². The number of ether oxygens (including phenoxy) is 3. The highest BCUT2D eigenvalue weighted by atomic mass is 16.8. The predicted molar refractivity (Wildman–Crippen MR) is 125 cm³/mol. The SMILES string of the molecule is CC1COC(=O)O1.CCCCCCCCCCCCCCCCCC(=O)OCC(O)CO. The summed E-state index contributed by atoms with van der Waals surface area (Å²) >= 11 is 0. The number of rotatable bonds is 19. The van der Waals surface area contributed by atoms with E-state index in [1.807, 2.05) is 0 Å². The fourth-order valence-corrected chi connectivity index (χ4v) is 3.37. The lowest BCUT2D eigenvalue weighted by Crippen LogP contribution is -2.21. The number of hydrogen-bond acceptors (Lipinski definition) is 7. The number of carbonyl (C=O) groups is 2. The zero-order valence-electron chi connectivity index (χ0n) is 20.5. The van der Waals surface area contributed by atoms with Crippen molar-refractivity contribution in [2.24, 2.45) is 0 Å². The molecule has 0 aromatic carbocycles. The highest BCUT2D eigenvalue weighted by Gasteiger charge is 2.19. The van der Waals surface area contributed by atoms with Crippen LogP contribution in [-0.4, -0.2) is 54.4 Å². The summed E-state index contributed by atoms with van der Waals surface area (Å²) in [6, 6.07) is 0. The molecule has 0 bridgehead atoms. The van der Waals surface area contributed by atoms with Crippen molar-refractivity contribution in [2.75, 3.05) is 19.8 Å². The molecule has 190 valence electrons. The van der Waals surface area contributed by atoms with Crippen LogP contribution in [0.1, 0.15) is 117 Å². The van der Waals surface area contributed by atoms with Crippen molar-refractivity contribution < 1.29 is 34.0 Å². The minimum absolute atomic E-state index is 0.0486. The van der Waals surface area contributed by atoms with Gasteiger partial charge in [-0.25, -0.2) is 4.79 Å². The summed E-state index contributed by atoms with van der Waals surface area (Å²) < 4.78 is 13.8. The monoisotopic (exact) mass is 460 g/mol. The van der Waals surface area contributed by atoms with Crippen LogP contribution in [0.25, 0.3) is 0 Å². The number of carbonyl (C=O) groups excluding carboxylic acids is 2. The molecule has 0 aliphatic carbocycles. The maximum atomic E-state index is 11.4. The van der Waals surface area contributed by atoms with Crippen molar-refractivity contribution in [3.05, 3.63) is 0 Å². The summed E-state index contributed by atoms with van der Waals surface area (Å²) in [6.45, 7) is 3.98. The van der Waals surface area contributed by atoms with Crippen LogP contribution >= 0.6 is 0 Å². The molecule has 2 atom stereocenters. The third-order valence-corrected chi connectivity index (χ3v) is 5.37. The highest BCUT2D eigenvalue weighted by Crippen LogP contribution is 2.13. The smallest absolute Gasteiger partial charge is 0.463 e. The van der Waals surface area contributed by atoms with E-state index < -0.39 is 12.3 Å². The summed E-state index contributed by atoms with van der Waals surface area (Å²) in [5.41, 5.74) is 0. The Morgan fingerprint density at radius 1 is 0.938 bits per heavy atom. The Morgan fingerprint density at radius 2 is 1.41 bits per heavy atom. The van der Waals surface area contributed by atoms with Crippen molar-refractivity contribution in [1.82, 2.24) is 0 Å². The summed E-state index contributed by atoms with van der Waals surface area (Å²) in [5.74, 6) is -0.276. The standard InChI is InChI=1S/C21H42O4.C4H6O3/c1-2-3-4-5-6-7-8-9-10-11-12-13-14-15-16-17-21(24)25-19-20(23)18-22;1-3-2-6-4(5)7-3/h20,22-23H,2-19H2,1H3;3H,2H2,1H3. The van der Waals surface area contributed by atoms with Crippen LogP contribution < -0.4 is 0 Å². The van der Waals surface area contributed by atoms with Crippen molar-refractivity contribution in [3.8, 4) is 0 Å². The van der Waals surface area contributed by atoms with E-state index in [1.54, 1.807) is 6.92 Å². The molecule has 1 fully saturated rings. The predicted octanol–water partition coefficient (Wildman–Crippen LogP) is 5.69. The van der Waals surface area contributed by atoms with Gasteiger partial charge in [0.1, 0.15) is 25.4 Å². The Hall–Kier alpha value is -1.34. The van der Waals surface area contributed by atoms with E-state index in [0.29, 0.717) is 13.0 Å². The van der Waals surface area contributed by atoms with Gasteiger partial charge in [0.15, 0.2) is 0 Å². The summed E-state index contributed by atoms with van der Waals surface area (Å²) in [6.07, 6.45) is 18.4. The first-order valence-corrected chi connectivity index (χ1v) is 12.8. The number of aliphatic hydroxyl groups excluding tert-OH is 2. The third-order valence-electron chi connectivity index (χ3n) is 5.37. The molecular formula is C25H48O7. The number of hydrogen-bond donors (Lipinski definition) is 2. The molecule has 0 aromatic rings. The molecule has 2 unspecified atom stereocenters. The highest BCUT2D eigenvalue weighted by molar-refractivity contribution is 5.69. The van der Waals surface area contributed by atoms with Crippen LogP contribution in [0.3, 0.4) is 0 Å². The Morgan fingerprint density at radius 3 is 1.75 bits per heavy atom. The largest absolute Gasteiger partial charge is 0.508 e. The van der Waals surface area contributed by atoms with Crippen LogP contribution in [0, 0.1) is 0 Å². The molecule has 1 heterocycles. The van der Waals surface area contributed by atoms with Crippen molar-refractivity contribution in [3.63, 3.8) is 0 Å². The molecule has 1 aliphatic rings. The van der Waals surface area contributed by atoms with Crippen molar-refractivity contribution in [1.29, 1.82) is 0 Å². The Kier molecular flexibility index (Phi) is 21.9. The van der Waals surface area contributed by atoms with Crippen LogP contribution in [0.2, 0.25) is 0 Å². The Bertz CT molecular complexity index is 442. The second kappa shape index (κ2) is 22.8. The van der Waals surface area contributed by atoms with Crippen LogP contribution in [0.5, 0.6) is 0 Å². The molecule has 0 radical (unpaired) electrons. The summed E-state index contributed by atoms with van der Waals surface area (Å²) in [5, 5.41) is 17.7. The lowest BCUT2D eigenvalue weighted by atomic mass is 10.0. The first kappa shape index (κ1) is 30.7. The first-order chi connectivity index (χ1) is 15.5. The van der Waals surface area contributed by atoms with Crippen molar-refractivity contribution in [2.45, 2.75) is 129 Å². The van der Waals surface area contributed by atoms with Crippen LogP contribution in [0.4, 0.5) is 4.79 Å². The van der Waals surface area contributed by atoms with Gasteiger partial charge in [0.25, 0.3) is 0 Å². The van der Waals surface area contributed by atoms with E-state index in [2.05, 4.69) is 16.4 Å². The van der Waals surface area contributed by atoms with Gasteiger partial charge in [0, 0.05) is 6.42 Å². The molecule has 0 spiro atoms. The minimum atomic E-state index is -0.954. The van der Waals surface area contributed by atoms with Gasteiger partial charge in [-0.3, -0.25) is 4.79 Å². The maximum Gasteiger partial charge on any atom is 0.508 e. The maximum absolute atomic E-state index is 11.4. The average Bonchev–Trinajstić information content (AvgIpc) is 3.17. The zero-order valence-corrected chi connectivity index (χ0v) is 20.5. The molecule has 7 nitrogen and oxygen atoms in total. The van der Waals surface area contributed by atoms with Gasteiger partial charge in [-0.15, -0.1) is 0 Å². The van der Waals surface area contributed by atoms with Gasteiger partial charge in [-0.2, -0.15) is 0 Å². The molecule has 32 heavy (non-hydrogen) atoms. The number of unbranched alkanes of at least 4 members (excludes halogenated alkanes) is 14. The van der Waals surface area contributed by atoms with E-state index >= 15 is 0 Å². The molecule has 1 aliphatic heterocycles. The van der Waals surface area contributed by atoms with Gasteiger partial charge in [-0.05, 0) is 13.3 Å². The molecule has 2 N–H and O–H groups in total. The fourth-order valence-electron chi connectivity index (χ4n) is 3.37. The quantitative estimate of drug-likeness (QED) is 0.189. The van der Waals surface area contributed by atoms with Crippen LogP contribution in [0.15, 0.2) is 0 Å². The number of aliphatic hydroxyl groups is 2. The number of esters is 1. The van der Waals surface area contributed by atoms with Gasteiger partial charge in [0.2, 0.25) is 0 Å². The Balaban J connectivity index is 0.00000115. The second-order valence-corrected chi connectivity index (χ2v) is 8.71. The van der Waals surface area contributed by atoms with E-state index in [1.165, 1.54) is 83.5 Å². The van der Waals surface area contributed by atoms with E-state index in [4.69, 9.17) is 14.9 Å². The lowest BCUT2D eigenvalue weighted by molar-refractivity contribution is -0.147. The van der Waals surface area contributed by atoms with Gasteiger partial charge in [-0.1, -0.05) is 96.8 Å². The Labute approximate surface area is 195 Å². The van der Waals surface area contributed by atoms with Gasteiger partial charge in [0.05, 0.1) is 6.61 Å². The minimum Gasteiger partial charge on any atom is -0.463 e. The molecule has 0 amide bonds. The van der Waals surface area contributed by atoms with Crippen LogP contribution in [-0.2, 0) is 19.0 Å². The molecule has 1 rings (SSSR count). The summed E-state index contributed by atoms with van der Waals surface area (Å²) in [7, 11) is 0. The first-order valence-electron chi connectivity index (χ1n) is 12.8. The van der Waals surface area contributed by atoms with Gasteiger partial charge < -0.3 is 24.4 Å². The summed E-state index contributed by atoms with van der Waals surface area (Å²) in [4.78, 5) is 21.4.